The minimum atomic E-state index is 0.0733. The number of ether oxygens (including phenoxy) is 1. The van der Waals surface area contributed by atoms with E-state index in [1.165, 1.54) is 12.8 Å². The molecule has 21 heavy (non-hydrogen) atoms. The fraction of sp³-hybridized carbons (Fsp3) is 0.500. The molecule has 0 spiro atoms. The highest BCUT2D eigenvalue weighted by atomic mass is 32.1. The maximum absolute atomic E-state index is 12.1. The number of hydrogen-bond acceptors (Lipinski definition) is 3. The Bertz CT molecular complexity index is 480. The second-order valence-electron chi connectivity index (χ2n) is 5.37. The van der Waals surface area contributed by atoms with E-state index < -0.39 is 0 Å². The third kappa shape index (κ3) is 5.34. The maximum Gasteiger partial charge on any atom is 0.260 e. The smallest absolute Gasteiger partial charge is 0.260 e. The van der Waals surface area contributed by atoms with E-state index in [9.17, 15) is 4.79 Å². The van der Waals surface area contributed by atoms with Crippen molar-refractivity contribution in [3.05, 3.63) is 29.8 Å². The molecule has 1 aliphatic rings. The van der Waals surface area contributed by atoms with Crippen molar-refractivity contribution >= 4 is 23.1 Å². The van der Waals surface area contributed by atoms with Crippen LogP contribution in [0.3, 0.4) is 0 Å². The van der Waals surface area contributed by atoms with Crippen LogP contribution in [0.5, 0.6) is 5.75 Å². The van der Waals surface area contributed by atoms with Gasteiger partial charge in [-0.1, -0.05) is 37.2 Å². The maximum atomic E-state index is 12.1. The minimum absolute atomic E-state index is 0.0733. The fourth-order valence-electron chi connectivity index (χ4n) is 2.46. The molecular formula is C16H22N2O2S. The quantitative estimate of drug-likeness (QED) is 0.848. The summed E-state index contributed by atoms with van der Waals surface area (Å²) in [7, 11) is 0. The van der Waals surface area contributed by atoms with Gasteiger partial charge in [-0.15, -0.1) is 0 Å². The SMILES string of the molecule is NC(=S)Cc1ccc(OCC(=O)N2CCCCCC2)cc1. The van der Waals surface area contributed by atoms with Gasteiger partial charge in [-0.3, -0.25) is 4.79 Å². The third-order valence-electron chi connectivity index (χ3n) is 3.62. The van der Waals surface area contributed by atoms with E-state index in [0.717, 1.165) is 31.5 Å². The second kappa shape index (κ2) is 7.98. The van der Waals surface area contributed by atoms with E-state index >= 15 is 0 Å². The molecule has 1 amide bonds. The summed E-state index contributed by atoms with van der Waals surface area (Å²) in [5.41, 5.74) is 6.56. The molecule has 1 saturated heterocycles. The van der Waals surface area contributed by atoms with Crippen LogP contribution in [0.4, 0.5) is 0 Å². The lowest BCUT2D eigenvalue weighted by atomic mass is 10.1. The lowest BCUT2D eigenvalue weighted by Gasteiger charge is -2.20. The molecule has 0 aliphatic carbocycles. The number of carbonyl (C=O) groups is 1. The highest BCUT2D eigenvalue weighted by Crippen LogP contribution is 2.14. The molecule has 114 valence electrons. The standard InChI is InChI=1S/C16H22N2O2S/c17-15(21)11-13-5-7-14(8-6-13)20-12-16(19)18-9-3-1-2-4-10-18/h5-8H,1-4,9-12H2,(H2,17,21). The largest absolute Gasteiger partial charge is 0.484 e. The average molecular weight is 306 g/mol. The molecule has 1 aromatic rings. The van der Waals surface area contributed by atoms with Crippen molar-refractivity contribution in [1.29, 1.82) is 0 Å². The van der Waals surface area contributed by atoms with Crippen LogP contribution in [-0.4, -0.2) is 35.5 Å². The Labute approximate surface area is 131 Å². The molecule has 0 atom stereocenters. The zero-order valence-corrected chi connectivity index (χ0v) is 13.0. The van der Waals surface area contributed by atoms with Gasteiger partial charge in [-0.25, -0.2) is 0 Å². The van der Waals surface area contributed by atoms with Gasteiger partial charge in [0.25, 0.3) is 5.91 Å². The van der Waals surface area contributed by atoms with Crippen molar-refractivity contribution in [3.8, 4) is 5.75 Å². The van der Waals surface area contributed by atoms with Crippen LogP contribution in [0.1, 0.15) is 31.2 Å². The first kappa shape index (κ1) is 15.8. The third-order valence-corrected chi connectivity index (χ3v) is 3.77. The summed E-state index contributed by atoms with van der Waals surface area (Å²) < 4.78 is 5.57. The molecule has 1 fully saturated rings. The molecule has 5 heteroatoms. The number of hydrogen-bond donors (Lipinski definition) is 1. The van der Waals surface area contributed by atoms with Crippen molar-refractivity contribution in [1.82, 2.24) is 4.90 Å². The number of thiocarbonyl (C=S) groups is 1. The van der Waals surface area contributed by atoms with Crippen LogP contribution < -0.4 is 10.5 Å². The van der Waals surface area contributed by atoms with Crippen LogP contribution in [0.2, 0.25) is 0 Å². The summed E-state index contributed by atoms with van der Waals surface area (Å²) in [5, 5.41) is 0. The summed E-state index contributed by atoms with van der Waals surface area (Å²) in [5.74, 6) is 0.772. The Morgan fingerprint density at radius 1 is 1.14 bits per heavy atom. The number of likely N-dealkylation sites (tertiary alicyclic amines) is 1. The van der Waals surface area contributed by atoms with Crippen LogP contribution in [-0.2, 0) is 11.2 Å². The van der Waals surface area contributed by atoms with Gasteiger partial charge in [0.2, 0.25) is 0 Å². The van der Waals surface area contributed by atoms with Crippen molar-refractivity contribution in [3.63, 3.8) is 0 Å². The first-order valence-electron chi connectivity index (χ1n) is 7.43. The van der Waals surface area contributed by atoms with Gasteiger partial charge < -0.3 is 15.4 Å². The Morgan fingerprint density at radius 3 is 2.33 bits per heavy atom. The predicted molar refractivity (Wildman–Crippen MR) is 87.5 cm³/mol. The number of amides is 1. The van der Waals surface area contributed by atoms with Gasteiger partial charge in [0.05, 0.1) is 4.99 Å². The van der Waals surface area contributed by atoms with Crippen LogP contribution >= 0.6 is 12.2 Å². The molecule has 1 aliphatic heterocycles. The molecule has 0 bridgehead atoms. The number of nitrogens with zero attached hydrogens (tertiary/aromatic N) is 1. The van der Waals surface area contributed by atoms with Gasteiger partial charge in [-0.05, 0) is 30.5 Å². The molecule has 0 radical (unpaired) electrons. The van der Waals surface area contributed by atoms with Gasteiger partial charge >= 0.3 is 0 Å². The van der Waals surface area contributed by atoms with Crippen LogP contribution in [0.25, 0.3) is 0 Å². The molecule has 0 saturated carbocycles. The zero-order valence-electron chi connectivity index (χ0n) is 12.2. The number of carbonyl (C=O) groups excluding carboxylic acids is 1. The predicted octanol–water partition coefficient (Wildman–Crippen LogP) is 2.30. The van der Waals surface area contributed by atoms with E-state index in [2.05, 4.69) is 0 Å². The lowest BCUT2D eigenvalue weighted by molar-refractivity contribution is -0.133. The molecule has 1 heterocycles. The van der Waals surface area contributed by atoms with Gasteiger partial charge in [0.15, 0.2) is 6.61 Å². The average Bonchev–Trinajstić information content (AvgIpc) is 2.75. The van der Waals surface area contributed by atoms with Crippen LogP contribution in [0, 0.1) is 0 Å². The first-order chi connectivity index (χ1) is 10.1. The Kier molecular flexibility index (Phi) is 5.99. The molecular weight excluding hydrogens is 284 g/mol. The van der Waals surface area contributed by atoms with E-state index in [-0.39, 0.29) is 12.5 Å². The lowest BCUT2D eigenvalue weighted by Crippen LogP contribution is -2.35. The second-order valence-corrected chi connectivity index (χ2v) is 5.90. The van der Waals surface area contributed by atoms with Crippen molar-refractivity contribution < 1.29 is 9.53 Å². The number of nitrogens with two attached hydrogens (primary N) is 1. The van der Waals surface area contributed by atoms with Crippen molar-refractivity contribution in [2.24, 2.45) is 5.73 Å². The first-order valence-corrected chi connectivity index (χ1v) is 7.84. The highest BCUT2D eigenvalue weighted by molar-refractivity contribution is 7.80. The molecule has 4 nitrogen and oxygen atoms in total. The number of rotatable bonds is 5. The van der Waals surface area contributed by atoms with Gasteiger partial charge in [-0.2, -0.15) is 0 Å². The van der Waals surface area contributed by atoms with E-state index in [1.54, 1.807) is 0 Å². The van der Waals surface area contributed by atoms with Crippen molar-refractivity contribution in [2.75, 3.05) is 19.7 Å². The Morgan fingerprint density at radius 2 is 1.76 bits per heavy atom. The Balaban J connectivity index is 1.81. The van der Waals surface area contributed by atoms with Gasteiger partial charge in [0, 0.05) is 19.5 Å². The van der Waals surface area contributed by atoms with E-state index in [1.807, 2.05) is 29.2 Å². The number of benzene rings is 1. The monoisotopic (exact) mass is 306 g/mol. The highest BCUT2D eigenvalue weighted by Gasteiger charge is 2.15. The summed E-state index contributed by atoms with van der Waals surface area (Å²) in [6.07, 6.45) is 5.21. The van der Waals surface area contributed by atoms with Crippen LogP contribution in [0.15, 0.2) is 24.3 Å². The summed E-state index contributed by atoms with van der Waals surface area (Å²) in [6.45, 7) is 1.82. The minimum Gasteiger partial charge on any atom is -0.484 e. The topological polar surface area (TPSA) is 55.6 Å². The molecule has 0 unspecified atom stereocenters. The van der Waals surface area contributed by atoms with Crippen molar-refractivity contribution in [2.45, 2.75) is 32.1 Å². The van der Waals surface area contributed by atoms with Gasteiger partial charge in [0.1, 0.15) is 5.75 Å². The summed E-state index contributed by atoms with van der Waals surface area (Å²) in [6, 6.07) is 7.54. The molecule has 2 rings (SSSR count). The molecule has 2 N–H and O–H groups in total. The summed E-state index contributed by atoms with van der Waals surface area (Å²) >= 11 is 4.88. The Hall–Kier alpha value is -1.62. The zero-order chi connectivity index (χ0) is 15.1. The van der Waals surface area contributed by atoms with E-state index in [4.69, 9.17) is 22.7 Å². The normalized spacial score (nSPS) is 15.3. The molecule has 1 aromatic carbocycles. The summed E-state index contributed by atoms with van der Waals surface area (Å²) in [4.78, 5) is 14.5. The molecule has 0 aromatic heterocycles. The fourth-order valence-corrected chi connectivity index (χ4v) is 2.63. The van der Waals surface area contributed by atoms with E-state index in [0.29, 0.717) is 17.2 Å².